The number of ether oxygens (including phenoxy) is 2. The van der Waals surface area contributed by atoms with E-state index in [2.05, 4.69) is 26.0 Å². The molecule has 2 heterocycles. The maximum Gasteiger partial charge on any atom is 0.283 e. The first kappa shape index (κ1) is 26.5. The maximum atomic E-state index is 12.9. The number of amides is 1. The second-order valence-electron chi connectivity index (χ2n) is 8.35. The molecule has 0 saturated carbocycles. The van der Waals surface area contributed by atoms with E-state index in [0.717, 1.165) is 16.7 Å². The molecule has 0 unspecified atom stereocenters. The lowest BCUT2D eigenvalue weighted by Crippen LogP contribution is -2.35. The highest BCUT2D eigenvalue weighted by Crippen LogP contribution is 2.39. The van der Waals surface area contributed by atoms with Crippen molar-refractivity contribution in [1.29, 1.82) is 5.41 Å². The quantitative estimate of drug-likeness (QED) is 0.289. The van der Waals surface area contributed by atoms with Crippen LogP contribution in [-0.4, -0.2) is 34.1 Å². The summed E-state index contributed by atoms with van der Waals surface area (Å²) in [5.74, 6) is 0.338. The minimum absolute atomic E-state index is 0.0533. The van der Waals surface area contributed by atoms with Gasteiger partial charge in [-0.05, 0) is 70.5 Å². The minimum atomic E-state index is -0.512. The molecule has 0 fully saturated rings. The van der Waals surface area contributed by atoms with Crippen LogP contribution in [0.3, 0.4) is 0 Å². The standard InChI is InChI=1S/C27H19BrCl2N4O3S/c1-14-3-5-16(6-4-14)26-33-34-24(31)19(25(35)32-27(34)38-26)9-15-10-20(28)23(22(11-15)36-2)37-13-17-7-8-18(29)12-21(17)30/h3-12,31H,13H2,1-2H3/b19-9-,31-24?. The predicted molar refractivity (Wildman–Crippen MR) is 157 cm³/mol. The number of hydrazone groups is 1. The van der Waals surface area contributed by atoms with Crippen molar-refractivity contribution in [2.24, 2.45) is 10.1 Å². The van der Waals surface area contributed by atoms with Crippen molar-refractivity contribution in [2.45, 2.75) is 13.5 Å². The zero-order chi connectivity index (χ0) is 27.0. The Kier molecular flexibility index (Phi) is 7.63. The number of aryl methyl sites for hydroxylation is 1. The van der Waals surface area contributed by atoms with E-state index < -0.39 is 5.91 Å². The Morgan fingerprint density at radius 3 is 2.61 bits per heavy atom. The van der Waals surface area contributed by atoms with E-state index >= 15 is 0 Å². The first-order valence-corrected chi connectivity index (χ1v) is 13.6. The SMILES string of the molecule is COc1cc(/C=C2/C(=N)N3N=C(c4ccc(C)cc4)SC3=NC2=O)cc(Br)c1OCc1ccc(Cl)cc1Cl. The summed E-state index contributed by atoms with van der Waals surface area (Å²) in [5.41, 5.74) is 3.52. The van der Waals surface area contributed by atoms with Gasteiger partial charge in [0.15, 0.2) is 17.3 Å². The van der Waals surface area contributed by atoms with E-state index in [1.54, 1.807) is 36.4 Å². The first-order valence-electron chi connectivity index (χ1n) is 11.2. The van der Waals surface area contributed by atoms with Crippen molar-refractivity contribution < 1.29 is 14.3 Å². The Bertz CT molecular complexity index is 1570. The van der Waals surface area contributed by atoms with Gasteiger partial charge >= 0.3 is 0 Å². The molecule has 1 N–H and O–H groups in total. The summed E-state index contributed by atoms with van der Waals surface area (Å²) in [6.07, 6.45) is 1.59. The normalized spacial score (nSPS) is 15.9. The molecule has 1 amide bonds. The highest BCUT2D eigenvalue weighted by atomic mass is 79.9. The lowest BCUT2D eigenvalue weighted by Gasteiger charge is -2.20. The Morgan fingerprint density at radius 1 is 1.13 bits per heavy atom. The number of hydrogen-bond acceptors (Lipinski definition) is 6. The van der Waals surface area contributed by atoms with Gasteiger partial charge < -0.3 is 9.47 Å². The number of nitrogens with zero attached hydrogens (tertiary/aromatic N) is 3. The number of nitrogens with one attached hydrogen (secondary N) is 1. The van der Waals surface area contributed by atoms with Crippen LogP contribution in [0.2, 0.25) is 10.0 Å². The molecule has 0 aromatic heterocycles. The van der Waals surface area contributed by atoms with Gasteiger partial charge in [-0.3, -0.25) is 10.2 Å². The van der Waals surface area contributed by atoms with Gasteiger partial charge in [-0.2, -0.15) is 15.1 Å². The van der Waals surface area contributed by atoms with Gasteiger partial charge in [0, 0.05) is 21.2 Å². The average Bonchev–Trinajstić information content (AvgIpc) is 3.31. The van der Waals surface area contributed by atoms with Crippen LogP contribution in [0.15, 0.2) is 74.7 Å². The number of benzene rings is 3. The molecule has 11 heteroatoms. The van der Waals surface area contributed by atoms with Crippen molar-refractivity contribution in [1.82, 2.24) is 5.01 Å². The Hall–Kier alpha value is -3.11. The molecule has 0 aliphatic carbocycles. The molecular formula is C27H19BrCl2N4O3S. The third-order valence-electron chi connectivity index (χ3n) is 5.70. The molecule has 5 rings (SSSR count). The van der Waals surface area contributed by atoms with E-state index in [4.69, 9.17) is 38.1 Å². The number of halogens is 3. The fraction of sp³-hybridized carbons (Fsp3) is 0.111. The molecule has 0 bridgehead atoms. The largest absolute Gasteiger partial charge is 0.493 e. The molecule has 0 saturated heterocycles. The Morgan fingerprint density at radius 2 is 1.89 bits per heavy atom. The summed E-state index contributed by atoms with van der Waals surface area (Å²) in [7, 11) is 1.52. The van der Waals surface area contributed by atoms with Gasteiger partial charge in [0.05, 0.1) is 17.2 Å². The number of thioether (sulfide) groups is 1. The van der Waals surface area contributed by atoms with E-state index in [9.17, 15) is 4.79 Å². The molecule has 3 aromatic carbocycles. The van der Waals surface area contributed by atoms with Crippen molar-refractivity contribution in [3.8, 4) is 11.5 Å². The van der Waals surface area contributed by atoms with Crippen molar-refractivity contribution in [2.75, 3.05) is 7.11 Å². The second-order valence-corrected chi connectivity index (χ2v) is 11.0. The predicted octanol–water partition coefficient (Wildman–Crippen LogP) is 7.32. The molecule has 2 aliphatic heterocycles. The van der Waals surface area contributed by atoms with Gasteiger partial charge in [-0.1, -0.05) is 59.1 Å². The average molecular weight is 630 g/mol. The highest BCUT2D eigenvalue weighted by Gasteiger charge is 2.36. The van der Waals surface area contributed by atoms with Crippen LogP contribution in [0.4, 0.5) is 0 Å². The molecule has 0 atom stereocenters. The van der Waals surface area contributed by atoms with Gasteiger partial charge in [0.2, 0.25) is 5.17 Å². The van der Waals surface area contributed by atoms with Crippen LogP contribution in [0.5, 0.6) is 11.5 Å². The third kappa shape index (κ3) is 5.37. The van der Waals surface area contributed by atoms with Crippen molar-refractivity contribution >= 4 is 78.9 Å². The van der Waals surface area contributed by atoms with E-state index in [-0.39, 0.29) is 18.0 Å². The zero-order valence-corrected chi connectivity index (χ0v) is 24.0. The van der Waals surface area contributed by atoms with Crippen molar-refractivity contribution in [3.05, 3.63) is 96.9 Å². The number of methoxy groups -OCH3 is 1. The first-order chi connectivity index (χ1) is 18.2. The monoisotopic (exact) mass is 628 g/mol. The summed E-state index contributed by atoms with van der Waals surface area (Å²) >= 11 is 17.0. The van der Waals surface area contributed by atoms with Crippen LogP contribution in [-0.2, 0) is 11.4 Å². The molecular weight excluding hydrogens is 611 g/mol. The van der Waals surface area contributed by atoms with Crippen molar-refractivity contribution in [3.63, 3.8) is 0 Å². The van der Waals surface area contributed by atoms with Crippen LogP contribution < -0.4 is 9.47 Å². The summed E-state index contributed by atoms with van der Waals surface area (Å²) < 4.78 is 12.1. The number of aliphatic imine (C=N–C) groups is 1. The lowest BCUT2D eigenvalue weighted by molar-refractivity contribution is -0.114. The molecule has 2 aliphatic rings. The fourth-order valence-corrected chi connectivity index (χ4v) is 5.66. The van der Waals surface area contributed by atoms with Crippen LogP contribution >= 0.6 is 50.9 Å². The summed E-state index contributed by atoms with van der Waals surface area (Å²) in [6, 6.07) is 16.6. The number of amidine groups is 2. The number of rotatable bonds is 6. The van der Waals surface area contributed by atoms with Crippen LogP contribution in [0, 0.1) is 12.3 Å². The van der Waals surface area contributed by atoms with Crippen LogP contribution in [0.1, 0.15) is 22.3 Å². The maximum absolute atomic E-state index is 12.9. The van der Waals surface area contributed by atoms with Gasteiger partial charge in [-0.15, -0.1) is 0 Å². The Labute approximate surface area is 241 Å². The number of carbonyl (C=O) groups excluding carboxylic acids is 1. The van der Waals surface area contributed by atoms with Gasteiger partial charge in [0.1, 0.15) is 11.7 Å². The third-order valence-corrected chi connectivity index (χ3v) is 7.84. The Balaban J connectivity index is 1.41. The molecule has 0 radical (unpaired) electrons. The van der Waals surface area contributed by atoms with E-state index in [1.165, 1.54) is 23.9 Å². The van der Waals surface area contributed by atoms with Crippen LogP contribution in [0.25, 0.3) is 6.08 Å². The van der Waals surface area contributed by atoms with E-state index in [0.29, 0.717) is 41.8 Å². The molecule has 0 spiro atoms. The second kappa shape index (κ2) is 10.9. The molecule has 3 aromatic rings. The topological polar surface area (TPSA) is 87.3 Å². The smallest absolute Gasteiger partial charge is 0.283 e. The molecule has 38 heavy (non-hydrogen) atoms. The zero-order valence-electron chi connectivity index (χ0n) is 20.1. The fourth-order valence-electron chi connectivity index (χ4n) is 3.72. The highest BCUT2D eigenvalue weighted by molar-refractivity contribution is 9.10. The van der Waals surface area contributed by atoms with Gasteiger partial charge in [0.25, 0.3) is 5.91 Å². The lowest BCUT2D eigenvalue weighted by atomic mass is 10.1. The van der Waals surface area contributed by atoms with Gasteiger partial charge in [-0.25, -0.2) is 0 Å². The number of carbonyl (C=O) groups is 1. The summed E-state index contributed by atoms with van der Waals surface area (Å²) in [4.78, 5) is 17.1. The summed E-state index contributed by atoms with van der Waals surface area (Å²) in [6.45, 7) is 2.20. The number of fused-ring (bicyclic) bond motifs is 1. The molecule has 192 valence electrons. The number of hydrogen-bond donors (Lipinski definition) is 1. The molecule has 7 nitrogen and oxygen atoms in total. The summed E-state index contributed by atoms with van der Waals surface area (Å²) in [5, 5.41) is 16.7. The van der Waals surface area contributed by atoms with E-state index in [1.807, 2.05) is 31.2 Å². The minimum Gasteiger partial charge on any atom is -0.493 e.